The molecule has 0 heterocycles. The fraction of sp³-hybridized carbons (Fsp3) is 0.538. The normalized spacial score (nSPS) is 13.3. The number of nitrogens with two attached hydrogens (primary N) is 1. The van der Waals surface area contributed by atoms with Crippen LogP contribution in [0, 0.1) is 5.92 Å². The second-order valence-electron chi connectivity index (χ2n) is 4.71. The van der Waals surface area contributed by atoms with E-state index in [0.717, 1.165) is 12.8 Å². The summed E-state index contributed by atoms with van der Waals surface area (Å²) in [5.74, 6) is 0.111. The highest BCUT2D eigenvalue weighted by molar-refractivity contribution is 7.89. The molecule has 4 N–H and O–H groups in total. The number of anilines is 1. The van der Waals surface area contributed by atoms with E-state index in [1.807, 2.05) is 6.92 Å². The quantitative estimate of drug-likeness (QED) is 0.639. The number of nitrogens with one attached hydrogen (secondary N) is 1. The van der Waals surface area contributed by atoms with Gasteiger partial charge in [0, 0.05) is 18.8 Å². The minimum absolute atomic E-state index is 0.0154. The summed E-state index contributed by atoms with van der Waals surface area (Å²) in [6.07, 6.45) is 2.36. The van der Waals surface area contributed by atoms with E-state index in [9.17, 15) is 8.42 Å². The van der Waals surface area contributed by atoms with Gasteiger partial charge in [0.2, 0.25) is 10.0 Å². The lowest BCUT2D eigenvalue weighted by Gasteiger charge is -2.16. The number of hydrogen-bond donors (Lipinski definition) is 3. The standard InChI is InChI=1S/C13H21ClN2O3S/c1-2-3-10(6-7-17)9-16-20(18,19)13-8-11(15)4-5-12(13)14/h4-5,8,10,16-17H,2-3,6-7,9,15H2,1H3. The molecule has 0 fully saturated rings. The maximum Gasteiger partial charge on any atom is 0.242 e. The molecule has 20 heavy (non-hydrogen) atoms. The van der Waals surface area contributed by atoms with Gasteiger partial charge in [-0.25, -0.2) is 13.1 Å². The third-order valence-electron chi connectivity index (χ3n) is 3.04. The molecule has 0 bridgehead atoms. The second-order valence-corrected chi connectivity index (χ2v) is 6.85. The van der Waals surface area contributed by atoms with Crippen molar-refractivity contribution in [3.8, 4) is 0 Å². The van der Waals surface area contributed by atoms with Crippen LogP contribution in [0.2, 0.25) is 5.02 Å². The number of rotatable bonds is 8. The van der Waals surface area contributed by atoms with Gasteiger partial charge >= 0.3 is 0 Å². The van der Waals surface area contributed by atoms with Crippen molar-refractivity contribution in [1.29, 1.82) is 0 Å². The molecule has 0 saturated carbocycles. The van der Waals surface area contributed by atoms with Crippen molar-refractivity contribution in [3.05, 3.63) is 23.2 Å². The van der Waals surface area contributed by atoms with Gasteiger partial charge in [0.05, 0.1) is 5.02 Å². The molecule has 1 atom stereocenters. The van der Waals surface area contributed by atoms with Crippen LogP contribution in [0.5, 0.6) is 0 Å². The molecule has 0 spiro atoms. The zero-order valence-corrected chi connectivity index (χ0v) is 13.0. The van der Waals surface area contributed by atoms with E-state index >= 15 is 0 Å². The van der Waals surface area contributed by atoms with Crippen LogP contribution in [0.4, 0.5) is 5.69 Å². The van der Waals surface area contributed by atoms with Crippen molar-refractivity contribution in [2.75, 3.05) is 18.9 Å². The van der Waals surface area contributed by atoms with Crippen LogP contribution in [0.15, 0.2) is 23.1 Å². The van der Waals surface area contributed by atoms with E-state index in [4.69, 9.17) is 22.4 Å². The summed E-state index contributed by atoms with van der Waals surface area (Å²) in [6, 6.07) is 4.35. The van der Waals surface area contributed by atoms with Gasteiger partial charge in [0.15, 0.2) is 0 Å². The Morgan fingerprint density at radius 1 is 1.40 bits per heavy atom. The molecule has 0 aromatic heterocycles. The average Bonchev–Trinajstić information content (AvgIpc) is 2.39. The predicted octanol–water partition coefficient (Wildman–Crippen LogP) is 2.00. The van der Waals surface area contributed by atoms with Gasteiger partial charge in [-0.05, 0) is 37.0 Å². The molecule has 1 aromatic rings. The first-order valence-corrected chi connectivity index (χ1v) is 8.42. The lowest BCUT2D eigenvalue weighted by Crippen LogP contribution is -2.30. The summed E-state index contributed by atoms with van der Waals surface area (Å²) in [7, 11) is -3.69. The largest absolute Gasteiger partial charge is 0.399 e. The minimum Gasteiger partial charge on any atom is -0.399 e. The Morgan fingerprint density at radius 3 is 2.70 bits per heavy atom. The van der Waals surface area contributed by atoms with Gasteiger partial charge in [0.25, 0.3) is 0 Å². The molecule has 1 unspecified atom stereocenters. The highest BCUT2D eigenvalue weighted by Gasteiger charge is 2.19. The third kappa shape index (κ3) is 4.94. The maximum absolute atomic E-state index is 12.2. The van der Waals surface area contributed by atoms with Crippen molar-refractivity contribution in [2.24, 2.45) is 5.92 Å². The van der Waals surface area contributed by atoms with Crippen molar-refractivity contribution < 1.29 is 13.5 Å². The SMILES string of the molecule is CCCC(CCO)CNS(=O)(=O)c1cc(N)ccc1Cl. The summed E-state index contributed by atoms with van der Waals surface area (Å²) in [5.41, 5.74) is 5.93. The van der Waals surface area contributed by atoms with Crippen molar-refractivity contribution in [3.63, 3.8) is 0 Å². The maximum atomic E-state index is 12.2. The highest BCUT2D eigenvalue weighted by atomic mass is 35.5. The summed E-state index contributed by atoms with van der Waals surface area (Å²) in [6.45, 7) is 2.35. The summed E-state index contributed by atoms with van der Waals surface area (Å²) >= 11 is 5.90. The molecule has 5 nitrogen and oxygen atoms in total. The number of aliphatic hydroxyl groups is 1. The zero-order chi connectivity index (χ0) is 15.2. The van der Waals surface area contributed by atoms with Crippen LogP contribution in [0.3, 0.4) is 0 Å². The van der Waals surface area contributed by atoms with Crippen molar-refractivity contribution in [2.45, 2.75) is 31.1 Å². The monoisotopic (exact) mass is 320 g/mol. The van der Waals surface area contributed by atoms with Gasteiger partial charge in [-0.15, -0.1) is 0 Å². The van der Waals surface area contributed by atoms with E-state index in [-0.39, 0.29) is 29.0 Å². The number of benzene rings is 1. The number of sulfonamides is 1. The Hall–Kier alpha value is -0.820. The van der Waals surface area contributed by atoms with Crippen molar-refractivity contribution in [1.82, 2.24) is 4.72 Å². The number of nitrogen functional groups attached to an aromatic ring is 1. The van der Waals surface area contributed by atoms with Crippen LogP contribution in [0.25, 0.3) is 0 Å². The van der Waals surface area contributed by atoms with Crippen LogP contribution in [0.1, 0.15) is 26.2 Å². The summed E-state index contributed by atoms with van der Waals surface area (Å²) < 4.78 is 26.9. The van der Waals surface area contributed by atoms with E-state index in [2.05, 4.69) is 4.72 Å². The van der Waals surface area contributed by atoms with Gasteiger partial charge in [-0.2, -0.15) is 0 Å². The van der Waals surface area contributed by atoms with E-state index in [1.54, 1.807) is 6.07 Å². The Labute approximate surface area is 125 Å². The number of halogens is 1. The molecule has 0 radical (unpaired) electrons. The Kier molecular flexibility index (Phi) is 6.75. The van der Waals surface area contributed by atoms with Gasteiger partial charge in [-0.3, -0.25) is 0 Å². The van der Waals surface area contributed by atoms with Crippen LogP contribution >= 0.6 is 11.6 Å². The fourth-order valence-electron chi connectivity index (χ4n) is 1.97. The smallest absolute Gasteiger partial charge is 0.242 e. The Bertz CT molecular complexity index is 528. The summed E-state index contributed by atoms with van der Waals surface area (Å²) in [5, 5.41) is 9.12. The Morgan fingerprint density at radius 2 is 2.10 bits per heavy atom. The number of aliphatic hydroxyl groups excluding tert-OH is 1. The molecule has 0 aliphatic heterocycles. The molecule has 7 heteroatoms. The molecular weight excluding hydrogens is 300 g/mol. The minimum atomic E-state index is -3.69. The van der Waals surface area contributed by atoms with Gasteiger partial charge < -0.3 is 10.8 Å². The lowest BCUT2D eigenvalue weighted by molar-refractivity contribution is 0.251. The molecule has 0 aliphatic rings. The third-order valence-corrected chi connectivity index (χ3v) is 4.95. The topological polar surface area (TPSA) is 92.4 Å². The fourth-order valence-corrected chi connectivity index (χ4v) is 3.62. The van der Waals surface area contributed by atoms with Crippen LogP contribution in [-0.2, 0) is 10.0 Å². The molecule has 1 rings (SSSR count). The van der Waals surface area contributed by atoms with E-state index in [1.165, 1.54) is 12.1 Å². The zero-order valence-electron chi connectivity index (χ0n) is 11.5. The van der Waals surface area contributed by atoms with Crippen LogP contribution in [-0.4, -0.2) is 26.7 Å². The number of hydrogen-bond acceptors (Lipinski definition) is 4. The first kappa shape index (κ1) is 17.2. The van der Waals surface area contributed by atoms with E-state index in [0.29, 0.717) is 12.1 Å². The molecule has 0 aliphatic carbocycles. The highest BCUT2D eigenvalue weighted by Crippen LogP contribution is 2.23. The first-order chi connectivity index (χ1) is 9.40. The lowest BCUT2D eigenvalue weighted by atomic mass is 10.0. The molecule has 114 valence electrons. The molecule has 0 saturated heterocycles. The average molecular weight is 321 g/mol. The van der Waals surface area contributed by atoms with Crippen LogP contribution < -0.4 is 10.5 Å². The molecule has 1 aromatic carbocycles. The van der Waals surface area contributed by atoms with Gasteiger partial charge in [0.1, 0.15) is 4.90 Å². The second kappa shape index (κ2) is 7.83. The van der Waals surface area contributed by atoms with E-state index < -0.39 is 10.0 Å². The first-order valence-electron chi connectivity index (χ1n) is 6.56. The molecule has 0 amide bonds. The summed E-state index contributed by atoms with van der Waals surface area (Å²) in [4.78, 5) is -0.0154. The van der Waals surface area contributed by atoms with Gasteiger partial charge in [-0.1, -0.05) is 24.9 Å². The Balaban J connectivity index is 2.81. The predicted molar refractivity (Wildman–Crippen MR) is 81.2 cm³/mol. The van der Waals surface area contributed by atoms with Crippen molar-refractivity contribution >= 4 is 27.3 Å². The molecular formula is C13H21ClN2O3S.